The highest BCUT2D eigenvalue weighted by atomic mass is 35.5. The average Bonchev–Trinajstić information content (AvgIpc) is 2.46. The maximum Gasteiger partial charge on any atom is 0.142 e. The van der Waals surface area contributed by atoms with Crippen molar-refractivity contribution in [2.75, 3.05) is 0 Å². The van der Waals surface area contributed by atoms with Gasteiger partial charge in [0.2, 0.25) is 0 Å². The normalized spacial score (nSPS) is 12.6. The van der Waals surface area contributed by atoms with Crippen LogP contribution in [0.25, 0.3) is 0 Å². The Bertz CT molecular complexity index is 678. The predicted octanol–water partition coefficient (Wildman–Crippen LogP) is 5.07. The summed E-state index contributed by atoms with van der Waals surface area (Å²) >= 11 is 6.10. The van der Waals surface area contributed by atoms with Gasteiger partial charge in [-0.3, -0.25) is 0 Å². The van der Waals surface area contributed by atoms with E-state index in [1.807, 2.05) is 0 Å². The zero-order valence-corrected chi connectivity index (χ0v) is 13.9. The SMILES string of the molecule is Cc1c(C)c(C)c(C(N)c2cccc(F)c2Cl)c(C)c1C. The first-order chi connectivity index (χ1) is 9.77. The van der Waals surface area contributed by atoms with Gasteiger partial charge in [-0.25, -0.2) is 4.39 Å². The highest BCUT2D eigenvalue weighted by Crippen LogP contribution is 2.35. The van der Waals surface area contributed by atoms with Gasteiger partial charge in [-0.1, -0.05) is 23.7 Å². The topological polar surface area (TPSA) is 26.0 Å². The number of nitrogens with two attached hydrogens (primary N) is 1. The van der Waals surface area contributed by atoms with Gasteiger partial charge >= 0.3 is 0 Å². The molecule has 0 saturated heterocycles. The van der Waals surface area contributed by atoms with E-state index in [-0.39, 0.29) is 5.02 Å². The van der Waals surface area contributed by atoms with Gasteiger partial charge in [-0.15, -0.1) is 0 Å². The summed E-state index contributed by atoms with van der Waals surface area (Å²) in [4.78, 5) is 0. The molecule has 2 N–H and O–H groups in total. The molecule has 0 bridgehead atoms. The van der Waals surface area contributed by atoms with Crippen molar-refractivity contribution in [3.63, 3.8) is 0 Å². The lowest BCUT2D eigenvalue weighted by atomic mass is 9.84. The van der Waals surface area contributed by atoms with Gasteiger partial charge in [0.1, 0.15) is 5.82 Å². The summed E-state index contributed by atoms with van der Waals surface area (Å²) in [7, 11) is 0. The summed E-state index contributed by atoms with van der Waals surface area (Å²) in [6.07, 6.45) is 0. The lowest BCUT2D eigenvalue weighted by Gasteiger charge is -2.24. The van der Waals surface area contributed by atoms with Gasteiger partial charge < -0.3 is 5.73 Å². The molecular formula is C18H21ClFN. The maximum atomic E-state index is 13.7. The third kappa shape index (κ3) is 2.58. The van der Waals surface area contributed by atoms with Crippen LogP contribution in [0.2, 0.25) is 5.02 Å². The van der Waals surface area contributed by atoms with Crippen LogP contribution in [0.3, 0.4) is 0 Å². The molecule has 2 rings (SSSR count). The van der Waals surface area contributed by atoms with Crippen molar-refractivity contribution >= 4 is 11.6 Å². The first-order valence-corrected chi connectivity index (χ1v) is 7.41. The number of halogens is 2. The van der Waals surface area contributed by atoms with Crippen LogP contribution in [-0.4, -0.2) is 0 Å². The molecule has 2 aromatic carbocycles. The number of hydrogen-bond acceptors (Lipinski definition) is 1. The summed E-state index contributed by atoms with van der Waals surface area (Å²) in [5.41, 5.74) is 14.2. The van der Waals surface area contributed by atoms with Crippen LogP contribution < -0.4 is 5.73 Å². The first-order valence-electron chi connectivity index (χ1n) is 7.03. The largest absolute Gasteiger partial charge is 0.320 e. The van der Waals surface area contributed by atoms with E-state index in [4.69, 9.17) is 17.3 Å². The van der Waals surface area contributed by atoms with Gasteiger partial charge in [0.25, 0.3) is 0 Å². The van der Waals surface area contributed by atoms with Gasteiger partial charge in [0.05, 0.1) is 11.1 Å². The van der Waals surface area contributed by atoms with Crippen molar-refractivity contribution in [3.8, 4) is 0 Å². The summed E-state index contributed by atoms with van der Waals surface area (Å²) in [5, 5.41) is 0.111. The third-order valence-corrected chi connectivity index (χ3v) is 5.08. The molecule has 3 heteroatoms. The van der Waals surface area contributed by atoms with Crippen LogP contribution in [0.15, 0.2) is 18.2 Å². The Morgan fingerprint density at radius 1 is 0.905 bits per heavy atom. The Kier molecular flexibility index (Phi) is 4.40. The Labute approximate surface area is 130 Å². The average molecular weight is 306 g/mol. The quantitative estimate of drug-likeness (QED) is 0.823. The molecule has 112 valence electrons. The molecule has 21 heavy (non-hydrogen) atoms. The van der Waals surface area contributed by atoms with Crippen molar-refractivity contribution in [2.24, 2.45) is 5.73 Å². The van der Waals surface area contributed by atoms with Crippen LogP contribution in [-0.2, 0) is 0 Å². The fraction of sp³-hybridized carbons (Fsp3) is 0.333. The minimum atomic E-state index is -0.430. The molecule has 0 aliphatic heterocycles. The van der Waals surface area contributed by atoms with E-state index >= 15 is 0 Å². The van der Waals surface area contributed by atoms with Crippen molar-refractivity contribution in [3.05, 3.63) is 68.0 Å². The van der Waals surface area contributed by atoms with Gasteiger partial charge in [0.15, 0.2) is 0 Å². The fourth-order valence-electron chi connectivity index (χ4n) is 2.91. The predicted molar refractivity (Wildman–Crippen MR) is 87.6 cm³/mol. The molecule has 2 aromatic rings. The molecule has 0 saturated carbocycles. The number of benzene rings is 2. The Balaban J connectivity index is 2.70. The standard InChI is InChI=1S/C18H21ClFN/c1-9-10(2)12(4)16(13(5)11(9)3)18(21)14-7-6-8-15(20)17(14)19/h6-8,18H,21H2,1-5H3. The summed E-state index contributed by atoms with van der Waals surface area (Å²) in [5.74, 6) is -0.430. The second kappa shape index (κ2) is 5.78. The number of hydrogen-bond donors (Lipinski definition) is 1. The maximum absolute atomic E-state index is 13.7. The Hall–Kier alpha value is -1.38. The van der Waals surface area contributed by atoms with Crippen molar-refractivity contribution in [2.45, 2.75) is 40.7 Å². The van der Waals surface area contributed by atoms with Crippen molar-refractivity contribution < 1.29 is 4.39 Å². The zero-order chi connectivity index (χ0) is 15.9. The molecule has 1 nitrogen and oxygen atoms in total. The molecule has 0 radical (unpaired) electrons. The monoisotopic (exact) mass is 305 g/mol. The summed E-state index contributed by atoms with van der Waals surface area (Å²) in [6.45, 7) is 10.4. The number of rotatable bonds is 2. The van der Waals surface area contributed by atoms with Gasteiger partial charge in [-0.2, -0.15) is 0 Å². The fourth-order valence-corrected chi connectivity index (χ4v) is 3.16. The highest BCUT2D eigenvalue weighted by molar-refractivity contribution is 6.31. The molecule has 1 atom stereocenters. The van der Waals surface area contributed by atoms with Crippen LogP contribution in [0.5, 0.6) is 0 Å². The molecule has 0 heterocycles. The Morgan fingerprint density at radius 3 is 1.90 bits per heavy atom. The van der Waals surface area contributed by atoms with Crippen molar-refractivity contribution in [1.29, 1.82) is 0 Å². The van der Waals surface area contributed by atoms with E-state index in [0.29, 0.717) is 5.56 Å². The third-order valence-electron chi connectivity index (χ3n) is 4.69. The molecule has 1 unspecified atom stereocenters. The smallest absolute Gasteiger partial charge is 0.142 e. The molecular weight excluding hydrogens is 285 g/mol. The molecule has 0 aromatic heterocycles. The Morgan fingerprint density at radius 2 is 1.38 bits per heavy atom. The molecule has 0 aliphatic rings. The first kappa shape index (κ1) is 16.0. The summed E-state index contributed by atoms with van der Waals surface area (Å²) < 4.78 is 13.7. The van der Waals surface area contributed by atoms with E-state index in [1.165, 1.54) is 22.8 Å². The lowest BCUT2D eigenvalue weighted by molar-refractivity contribution is 0.624. The molecule has 0 aliphatic carbocycles. The lowest BCUT2D eigenvalue weighted by Crippen LogP contribution is -2.17. The van der Waals surface area contributed by atoms with Crippen LogP contribution >= 0.6 is 11.6 Å². The second-order valence-electron chi connectivity index (χ2n) is 5.66. The van der Waals surface area contributed by atoms with E-state index in [2.05, 4.69) is 34.6 Å². The van der Waals surface area contributed by atoms with E-state index in [0.717, 1.165) is 16.7 Å². The highest BCUT2D eigenvalue weighted by Gasteiger charge is 2.21. The molecule has 0 amide bonds. The van der Waals surface area contributed by atoms with Crippen molar-refractivity contribution in [1.82, 2.24) is 0 Å². The minimum absolute atomic E-state index is 0.111. The minimum Gasteiger partial charge on any atom is -0.320 e. The van der Waals surface area contributed by atoms with E-state index < -0.39 is 11.9 Å². The van der Waals surface area contributed by atoms with Crippen LogP contribution in [0.4, 0.5) is 4.39 Å². The van der Waals surface area contributed by atoms with Gasteiger partial charge in [0, 0.05) is 0 Å². The van der Waals surface area contributed by atoms with E-state index in [1.54, 1.807) is 12.1 Å². The van der Waals surface area contributed by atoms with Gasteiger partial charge in [-0.05, 0) is 79.6 Å². The molecule has 0 spiro atoms. The second-order valence-corrected chi connectivity index (χ2v) is 6.04. The zero-order valence-electron chi connectivity index (χ0n) is 13.1. The van der Waals surface area contributed by atoms with E-state index in [9.17, 15) is 4.39 Å². The van der Waals surface area contributed by atoms with Crippen LogP contribution in [0.1, 0.15) is 45.0 Å². The van der Waals surface area contributed by atoms with Crippen LogP contribution in [0, 0.1) is 40.4 Å². The molecule has 0 fully saturated rings. The summed E-state index contributed by atoms with van der Waals surface area (Å²) in [6, 6.07) is 4.37.